The van der Waals surface area contributed by atoms with Gasteiger partial charge in [0.2, 0.25) is 5.91 Å². The van der Waals surface area contributed by atoms with Crippen LogP contribution in [-0.2, 0) is 15.7 Å². The van der Waals surface area contributed by atoms with E-state index in [4.69, 9.17) is 0 Å². The lowest BCUT2D eigenvalue weighted by Crippen LogP contribution is -2.50. The van der Waals surface area contributed by atoms with Crippen molar-refractivity contribution in [1.29, 1.82) is 0 Å². The summed E-state index contributed by atoms with van der Waals surface area (Å²) < 4.78 is 45.2. The van der Waals surface area contributed by atoms with Crippen LogP contribution in [0.3, 0.4) is 0 Å². The van der Waals surface area contributed by atoms with Gasteiger partial charge >= 0.3 is 12.1 Å². The first-order chi connectivity index (χ1) is 17.6. The van der Waals surface area contributed by atoms with Gasteiger partial charge in [0, 0.05) is 51.4 Å². The van der Waals surface area contributed by atoms with Gasteiger partial charge in [0.1, 0.15) is 5.69 Å². The maximum absolute atomic E-state index is 13.3. The van der Waals surface area contributed by atoms with E-state index in [2.05, 4.69) is 30.3 Å². The molecule has 0 radical (unpaired) electrons. The van der Waals surface area contributed by atoms with Gasteiger partial charge in [-0.05, 0) is 37.5 Å². The minimum atomic E-state index is -4.76. The first-order valence-electron chi connectivity index (χ1n) is 12.0. The molecule has 3 heterocycles. The summed E-state index contributed by atoms with van der Waals surface area (Å²) in [6.07, 6.45) is -0.0945. The van der Waals surface area contributed by atoms with E-state index in [9.17, 15) is 27.6 Å². The molecule has 0 bridgehead atoms. The molecule has 1 saturated carbocycles. The first-order valence-corrected chi connectivity index (χ1v) is 12.0. The van der Waals surface area contributed by atoms with Gasteiger partial charge in [-0.3, -0.25) is 24.6 Å². The zero-order valence-corrected chi connectivity index (χ0v) is 20.5. The second-order valence-corrected chi connectivity index (χ2v) is 9.08. The SMILES string of the molecule is CNC(=O)c1ccc(N2CCN(C3CCC(C(=O)Nn4ccc(C(F)(F)F)c4C(=O)OC)C3)CC2)cn1. The second-order valence-electron chi connectivity index (χ2n) is 9.08. The second kappa shape index (κ2) is 10.8. The minimum Gasteiger partial charge on any atom is -0.464 e. The predicted octanol–water partition coefficient (Wildman–Crippen LogP) is 2.11. The number of nitrogens with one attached hydrogen (secondary N) is 2. The third-order valence-corrected chi connectivity index (χ3v) is 6.98. The fraction of sp³-hybridized carbons (Fsp3) is 0.500. The van der Waals surface area contributed by atoms with Gasteiger partial charge in [0.15, 0.2) is 5.69 Å². The zero-order valence-electron chi connectivity index (χ0n) is 20.5. The van der Waals surface area contributed by atoms with E-state index in [1.54, 1.807) is 19.3 Å². The average molecular weight is 523 g/mol. The number of amides is 2. The summed E-state index contributed by atoms with van der Waals surface area (Å²) in [5.41, 5.74) is 1.81. The highest BCUT2D eigenvalue weighted by atomic mass is 19.4. The van der Waals surface area contributed by atoms with Crippen LogP contribution in [0.2, 0.25) is 0 Å². The van der Waals surface area contributed by atoms with Crippen molar-refractivity contribution in [2.75, 3.05) is 50.7 Å². The van der Waals surface area contributed by atoms with E-state index in [0.29, 0.717) is 18.5 Å². The standard InChI is InChI=1S/C24H29F3N6O4/c1-28-22(35)19-6-5-17(14-29-19)32-11-9-31(10-12-32)16-4-3-15(13-16)21(34)30-33-8-7-18(24(25,26)27)20(33)23(36)37-2/h5-8,14-16H,3-4,9-13H2,1-2H3,(H,28,35)(H,30,34). The highest BCUT2D eigenvalue weighted by Gasteiger charge is 2.39. The summed E-state index contributed by atoms with van der Waals surface area (Å²) in [7, 11) is 2.54. The van der Waals surface area contributed by atoms with Crippen LogP contribution in [0.5, 0.6) is 0 Å². The lowest BCUT2D eigenvalue weighted by molar-refractivity contribution is -0.138. The molecule has 10 nitrogen and oxygen atoms in total. The summed E-state index contributed by atoms with van der Waals surface area (Å²) in [5, 5.41) is 2.54. The highest BCUT2D eigenvalue weighted by Crippen LogP contribution is 2.34. The molecule has 1 aliphatic carbocycles. The number of alkyl halides is 3. The van der Waals surface area contributed by atoms with E-state index in [1.165, 1.54) is 0 Å². The summed E-state index contributed by atoms with van der Waals surface area (Å²) in [6, 6.07) is 4.49. The summed E-state index contributed by atoms with van der Waals surface area (Å²) in [5.74, 6) is -2.24. The number of hydrogen-bond donors (Lipinski definition) is 2. The number of esters is 1. The molecule has 0 aromatic carbocycles. The van der Waals surface area contributed by atoms with E-state index in [1.807, 2.05) is 6.07 Å². The van der Waals surface area contributed by atoms with Gasteiger partial charge in [-0.1, -0.05) is 0 Å². The molecule has 1 aliphatic heterocycles. The maximum atomic E-state index is 13.3. The third-order valence-electron chi connectivity index (χ3n) is 6.98. The Morgan fingerprint density at radius 2 is 1.81 bits per heavy atom. The predicted molar refractivity (Wildman–Crippen MR) is 128 cm³/mol. The number of anilines is 1. The molecule has 1 saturated heterocycles. The molecule has 2 unspecified atom stereocenters. The molecule has 2 N–H and O–H groups in total. The molecule has 4 rings (SSSR count). The van der Waals surface area contributed by atoms with Crippen molar-refractivity contribution in [3.63, 3.8) is 0 Å². The van der Waals surface area contributed by atoms with E-state index in [-0.39, 0.29) is 17.9 Å². The molecule has 2 atom stereocenters. The molecule has 2 amide bonds. The number of ether oxygens (including phenoxy) is 1. The van der Waals surface area contributed by atoms with Crippen LogP contribution in [0, 0.1) is 5.92 Å². The Morgan fingerprint density at radius 1 is 1.08 bits per heavy atom. The molecule has 13 heteroatoms. The largest absolute Gasteiger partial charge is 0.464 e. The number of rotatable bonds is 6. The fourth-order valence-electron chi connectivity index (χ4n) is 4.98. The van der Waals surface area contributed by atoms with Gasteiger partial charge in [-0.2, -0.15) is 13.2 Å². The topological polar surface area (TPSA) is 109 Å². The van der Waals surface area contributed by atoms with Crippen LogP contribution in [0.4, 0.5) is 18.9 Å². The van der Waals surface area contributed by atoms with Gasteiger partial charge in [-0.25, -0.2) is 9.78 Å². The maximum Gasteiger partial charge on any atom is 0.418 e. The molecule has 0 spiro atoms. The van der Waals surface area contributed by atoms with Crippen molar-refractivity contribution in [2.45, 2.75) is 31.5 Å². The molecule has 2 aliphatic rings. The number of carbonyl (C=O) groups is 3. The van der Waals surface area contributed by atoms with Crippen molar-refractivity contribution >= 4 is 23.5 Å². The minimum absolute atomic E-state index is 0.183. The molecule has 2 aromatic rings. The van der Waals surface area contributed by atoms with Crippen LogP contribution in [0.15, 0.2) is 30.6 Å². The number of methoxy groups -OCH3 is 1. The van der Waals surface area contributed by atoms with Crippen LogP contribution in [0.25, 0.3) is 0 Å². The Morgan fingerprint density at radius 3 is 2.41 bits per heavy atom. The van der Waals surface area contributed by atoms with E-state index in [0.717, 1.165) is 62.3 Å². The molecule has 200 valence electrons. The zero-order chi connectivity index (χ0) is 26.7. The summed E-state index contributed by atoms with van der Waals surface area (Å²) in [6.45, 7) is 3.10. The third kappa shape index (κ3) is 5.71. The quantitative estimate of drug-likeness (QED) is 0.560. The Bertz CT molecular complexity index is 1140. The summed E-state index contributed by atoms with van der Waals surface area (Å²) in [4.78, 5) is 45.3. The number of piperazine rings is 1. The Labute approximate surface area is 211 Å². The molecule has 2 fully saturated rings. The Balaban J connectivity index is 1.32. The molecule has 2 aromatic heterocycles. The first kappa shape index (κ1) is 26.5. The van der Waals surface area contributed by atoms with Crippen molar-refractivity contribution in [3.05, 3.63) is 47.5 Å². The van der Waals surface area contributed by atoms with E-state index < -0.39 is 29.3 Å². The van der Waals surface area contributed by atoms with Crippen LogP contribution in [0.1, 0.15) is 45.8 Å². The number of hydrogen-bond acceptors (Lipinski definition) is 7. The number of nitrogens with zero attached hydrogens (tertiary/aromatic N) is 4. The highest BCUT2D eigenvalue weighted by molar-refractivity contribution is 5.93. The van der Waals surface area contributed by atoms with Crippen LogP contribution < -0.4 is 15.6 Å². The van der Waals surface area contributed by atoms with Gasteiger partial charge in [0.05, 0.1) is 24.6 Å². The molecular weight excluding hydrogens is 493 g/mol. The number of halogens is 3. The lowest BCUT2D eigenvalue weighted by atomic mass is 10.1. The van der Waals surface area contributed by atoms with Crippen molar-refractivity contribution in [3.8, 4) is 0 Å². The fourth-order valence-corrected chi connectivity index (χ4v) is 4.98. The Kier molecular flexibility index (Phi) is 7.71. The van der Waals surface area contributed by atoms with Crippen LogP contribution in [-0.4, -0.2) is 78.7 Å². The van der Waals surface area contributed by atoms with Crippen molar-refractivity contribution in [2.24, 2.45) is 5.92 Å². The number of aromatic nitrogens is 2. The molecule has 37 heavy (non-hydrogen) atoms. The van der Waals surface area contributed by atoms with Crippen molar-refractivity contribution in [1.82, 2.24) is 19.9 Å². The number of pyridine rings is 1. The van der Waals surface area contributed by atoms with Crippen molar-refractivity contribution < 1.29 is 32.3 Å². The average Bonchev–Trinajstić information content (AvgIpc) is 3.56. The Hall–Kier alpha value is -3.61. The number of carbonyl (C=O) groups excluding carboxylic acids is 3. The summed E-state index contributed by atoms with van der Waals surface area (Å²) >= 11 is 0. The van der Waals surface area contributed by atoms with E-state index >= 15 is 0 Å². The van der Waals surface area contributed by atoms with Gasteiger partial charge in [0.25, 0.3) is 5.91 Å². The smallest absolute Gasteiger partial charge is 0.418 e. The van der Waals surface area contributed by atoms with Gasteiger partial charge < -0.3 is 15.0 Å². The van der Waals surface area contributed by atoms with Crippen LogP contribution >= 0.6 is 0 Å². The molecular formula is C24H29F3N6O4. The lowest BCUT2D eigenvalue weighted by Gasteiger charge is -2.39. The van der Waals surface area contributed by atoms with Gasteiger partial charge in [-0.15, -0.1) is 0 Å². The normalized spacial score (nSPS) is 20.5. The monoisotopic (exact) mass is 522 g/mol.